The van der Waals surface area contributed by atoms with E-state index >= 15 is 0 Å². The summed E-state index contributed by atoms with van der Waals surface area (Å²) in [4.78, 5) is 32.9. The van der Waals surface area contributed by atoms with Crippen LogP contribution in [0.1, 0.15) is 46.7 Å². The fourth-order valence-corrected chi connectivity index (χ4v) is 5.19. The molecule has 5 rings (SSSR count). The van der Waals surface area contributed by atoms with Crippen molar-refractivity contribution in [3.63, 3.8) is 0 Å². The minimum atomic E-state index is 0.0718. The van der Waals surface area contributed by atoms with Crippen LogP contribution in [0.25, 0.3) is 12.2 Å². The summed E-state index contributed by atoms with van der Waals surface area (Å²) < 4.78 is 0. The molecule has 34 heavy (non-hydrogen) atoms. The summed E-state index contributed by atoms with van der Waals surface area (Å²) in [5, 5.41) is 0.693. The van der Waals surface area contributed by atoms with Crippen LogP contribution in [0.4, 0.5) is 0 Å². The van der Waals surface area contributed by atoms with E-state index in [2.05, 4.69) is 22.1 Å². The fraction of sp³-hybridized carbons (Fsp3) is 0.269. The van der Waals surface area contributed by atoms with Crippen molar-refractivity contribution < 1.29 is 14.7 Å². The number of benzene rings is 1. The summed E-state index contributed by atoms with van der Waals surface area (Å²) in [5.74, 6) is 6.05. The smallest absolute Gasteiger partial charge is 0.226 e. The summed E-state index contributed by atoms with van der Waals surface area (Å²) in [6, 6.07) is 11.7. The molecular weight excluding hydrogens is 452 g/mol. The van der Waals surface area contributed by atoms with Crippen molar-refractivity contribution in [1.82, 2.24) is 14.9 Å². The standard InChI is InChI=1S/C26H25ClN4O3/c27-21-3-4-23-19(14-21)1-2-20-15-22(33-34-28)16-30-26(20)25(23)18-7-11-31(12-8-18)24(32)13-17-5-9-29-10-6-17/h1-6,9-10,14-16,18,25H,7-8,11-13,28H2. The minimum Gasteiger partial charge on any atom is -0.342 e. The Bertz CT molecular complexity index is 1210. The van der Waals surface area contributed by atoms with Crippen LogP contribution in [0, 0.1) is 5.92 Å². The molecule has 1 aliphatic carbocycles. The van der Waals surface area contributed by atoms with E-state index in [9.17, 15) is 4.79 Å². The first-order chi connectivity index (χ1) is 16.6. The number of aromatic nitrogens is 2. The molecule has 1 unspecified atom stereocenters. The lowest BCUT2D eigenvalue weighted by molar-refractivity contribution is -0.211. The number of carbonyl (C=O) groups is 1. The Kier molecular flexibility index (Phi) is 6.58. The van der Waals surface area contributed by atoms with Gasteiger partial charge in [0, 0.05) is 42.0 Å². The van der Waals surface area contributed by atoms with Gasteiger partial charge in [-0.15, -0.1) is 0 Å². The van der Waals surface area contributed by atoms with Crippen molar-refractivity contribution in [2.75, 3.05) is 13.1 Å². The van der Waals surface area contributed by atoms with E-state index in [1.807, 2.05) is 41.3 Å². The molecule has 2 aromatic heterocycles. The Labute approximate surface area is 203 Å². The van der Waals surface area contributed by atoms with Crippen molar-refractivity contribution in [3.05, 3.63) is 88.0 Å². The molecule has 0 radical (unpaired) electrons. The number of likely N-dealkylation sites (tertiary alicyclic amines) is 1. The van der Waals surface area contributed by atoms with Crippen LogP contribution >= 0.6 is 11.6 Å². The molecule has 3 aromatic rings. The number of fused-ring (bicyclic) bond motifs is 2. The number of halogens is 1. The van der Waals surface area contributed by atoms with Gasteiger partial charge in [0.25, 0.3) is 0 Å². The van der Waals surface area contributed by atoms with Gasteiger partial charge in [0.2, 0.25) is 5.91 Å². The molecular formula is C26H25ClN4O3. The zero-order valence-corrected chi connectivity index (χ0v) is 19.3. The lowest BCUT2D eigenvalue weighted by atomic mass is 9.76. The summed E-state index contributed by atoms with van der Waals surface area (Å²) in [7, 11) is 0. The molecule has 8 heteroatoms. The first kappa shape index (κ1) is 22.5. The van der Waals surface area contributed by atoms with Gasteiger partial charge in [-0.05, 0) is 65.8 Å². The predicted octanol–water partition coefficient (Wildman–Crippen LogP) is 4.41. The average molecular weight is 477 g/mol. The summed E-state index contributed by atoms with van der Waals surface area (Å²) in [6.45, 7) is 1.44. The lowest BCUT2D eigenvalue weighted by Crippen LogP contribution is -2.40. The molecule has 1 amide bonds. The van der Waals surface area contributed by atoms with Crippen LogP contribution < -0.4 is 10.8 Å². The second kappa shape index (κ2) is 9.93. The number of piperidine rings is 1. The third-order valence-corrected chi connectivity index (χ3v) is 6.89. The first-order valence-corrected chi connectivity index (χ1v) is 11.7. The SMILES string of the molecule is NOOc1cnc2c(c1)C=Cc1cc(Cl)ccc1C2C1CCN(C(=O)Cc2ccncc2)CC1. The molecule has 1 aromatic carbocycles. The minimum absolute atomic E-state index is 0.0718. The molecule has 1 fully saturated rings. The molecule has 3 heterocycles. The highest BCUT2D eigenvalue weighted by molar-refractivity contribution is 6.30. The van der Waals surface area contributed by atoms with E-state index < -0.39 is 0 Å². The monoisotopic (exact) mass is 476 g/mol. The Morgan fingerprint density at radius 1 is 1.09 bits per heavy atom. The highest BCUT2D eigenvalue weighted by Crippen LogP contribution is 2.43. The third-order valence-electron chi connectivity index (χ3n) is 6.66. The fourth-order valence-electron chi connectivity index (χ4n) is 5.01. The number of pyridine rings is 2. The molecule has 0 spiro atoms. The highest BCUT2D eigenvalue weighted by Gasteiger charge is 2.34. The van der Waals surface area contributed by atoms with E-state index in [0.717, 1.165) is 48.3 Å². The molecule has 2 N–H and O–H groups in total. The largest absolute Gasteiger partial charge is 0.342 e. The molecule has 1 aliphatic heterocycles. The third kappa shape index (κ3) is 4.68. The topological polar surface area (TPSA) is 90.6 Å². The van der Waals surface area contributed by atoms with Gasteiger partial charge in [0.05, 0.1) is 18.3 Å². The number of amides is 1. The highest BCUT2D eigenvalue weighted by atomic mass is 35.5. The molecule has 7 nitrogen and oxygen atoms in total. The van der Waals surface area contributed by atoms with Crippen molar-refractivity contribution in [1.29, 1.82) is 0 Å². The Morgan fingerprint density at radius 3 is 2.62 bits per heavy atom. The number of nitrogens with two attached hydrogens (primary N) is 1. The number of hydrogen-bond acceptors (Lipinski definition) is 6. The maximum absolute atomic E-state index is 12.9. The van der Waals surface area contributed by atoms with Crippen LogP contribution in [-0.2, 0) is 16.2 Å². The van der Waals surface area contributed by atoms with Gasteiger partial charge in [-0.25, -0.2) is 0 Å². The van der Waals surface area contributed by atoms with E-state index in [4.69, 9.17) is 27.4 Å². The Balaban J connectivity index is 1.40. The van der Waals surface area contributed by atoms with E-state index in [0.29, 0.717) is 23.1 Å². The van der Waals surface area contributed by atoms with Gasteiger partial charge < -0.3 is 9.79 Å². The van der Waals surface area contributed by atoms with Crippen LogP contribution in [0.3, 0.4) is 0 Å². The van der Waals surface area contributed by atoms with Crippen LogP contribution in [0.5, 0.6) is 5.75 Å². The molecule has 174 valence electrons. The van der Waals surface area contributed by atoms with E-state index in [1.54, 1.807) is 18.6 Å². The van der Waals surface area contributed by atoms with Crippen molar-refractivity contribution in [3.8, 4) is 5.75 Å². The number of nitrogens with zero attached hydrogens (tertiary/aromatic N) is 3. The Hall–Kier alpha value is -3.26. The van der Waals surface area contributed by atoms with Crippen LogP contribution in [-0.4, -0.2) is 33.9 Å². The van der Waals surface area contributed by atoms with E-state index in [1.165, 1.54) is 5.56 Å². The molecule has 0 saturated carbocycles. The first-order valence-electron chi connectivity index (χ1n) is 11.3. The van der Waals surface area contributed by atoms with Gasteiger partial charge in [-0.1, -0.05) is 34.8 Å². The molecule has 1 saturated heterocycles. The number of carbonyl (C=O) groups excluding carboxylic acids is 1. The van der Waals surface area contributed by atoms with Gasteiger partial charge in [-0.2, -0.15) is 5.90 Å². The van der Waals surface area contributed by atoms with Crippen molar-refractivity contribution >= 4 is 29.7 Å². The summed E-state index contributed by atoms with van der Waals surface area (Å²) in [5.41, 5.74) is 5.17. The number of rotatable bonds is 5. The average Bonchev–Trinajstić information content (AvgIpc) is 3.01. The zero-order valence-electron chi connectivity index (χ0n) is 18.6. The maximum atomic E-state index is 12.9. The van der Waals surface area contributed by atoms with Gasteiger partial charge in [0.1, 0.15) is 0 Å². The molecule has 0 bridgehead atoms. The van der Waals surface area contributed by atoms with Crippen molar-refractivity contribution in [2.24, 2.45) is 11.8 Å². The lowest BCUT2D eigenvalue weighted by Gasteiger charge is -2.37. The van der Waals surface area contributed by atoms with Gasteiger partial charge >= 0.3 is 0 Å². The summed E-state index contributed by atoms with van der Waals surface area (Å²) >= 11 is 6.31. The Morgan fingerprint density at radius 2 is 1.85 bits per heavy atom. The molecule has 2 aliphatic rings. The number of hydrogen-bond donors (Lipinski definition) is 1. The maximum Gasteiger partial charge on any atom is 0.226 e. The van der Waals surface area contributed by atoms with Gasteiger partial charge in [-0.3, -0.25) is 14.8 Å². The quantitative estimate of drug-likeness (QED) is 0.433. The summed E-state index contributed by atoms with van der Waals surface area (Å²) in [6.07, 6.45) is 11.3. The predicted molar refractivity (Wildman–Crippen MR) is 130 cm³/mol. The normalized spacial score (nSPS) is 17.6. The van der Waals surface area contributed by atoms with Gasteiger partial charge in [0.15, 0.2) is 5.75 Å². The second-order valence-corrected chi connectivity index (χ2v) is 9.10. The molecule has 1 atom stereocenters. The van der Waals surface area contributed by atoms with Crippen LogP contribution in [0.15, 0.2) is 55.0 Å². The van der Waals surface area contributed by atoms with E-state index in [-0.39, 0.29) is 11.8 Å². The van der Waals surface area contributed by atoms with Crippen LogP contribution in [0.2, 0.25) is 5.02 Å². The van der Waals surface area contributed by atoms with Crippen molar-refractivity contribution in [2.45, 2.75) is 25.2 Å². The zero-order chi connectivity index (χ0) is 23.5. The second-order valence-electron chi connectivity index (χ2n) is 8.66.